The average molecular weight is 1090 g/mol. The summed E-state index contributed by atoms with van der Waals surface area (Å²) in [6, 6.07) is 0. The van der Waals surface area contributed by atoms with Gasteiger partial charge in [-0.25, -0.2) is 4.57 Å². The van der Waals surface area contributed by atoms with Crippen molar-refractivity contribution in [1.29, 1.82) is 0 Å². The lowest BCUT2D eigenvalue weighted by molar-refractivity contribution is -0.870. The van der Waals surface area contributed by atoms with Gasteiger partial charge in [0.05, 0.1) is 27.7 Å². The van der Waals surface area contributed by atoms with E-state index in [0.717, 1.165) is 38.5 Å². The van der Waals surface area contributed by atoms with Gasteiger partial charge in [-0.1, -0.05) is 328 Å². The molecule has 0 saturated carbocycles. The summed E-state index contributed by atoms with van der Waals surface area (Å²) in [7, 11) is 1.51. The van der Waals surface area contributed by atoms with Gasteiger partial charge in [0.1, 0.15) is 19.8 Å². The van der Waals surface area contributed by atoms with Gasteiger partial charge in [0.2, 0.25) is 0 Å². The Bertz CT molecular complexity index is 1230. The van der Waals surface area contributed by atoms with Crippen molar-refractivity contribution in [2.45, 2.75) is 360 Å². The third kappa shape index (κ3) is 62.1. The number of quaternary nitrogens is 1. The minimum atomic E-state index is -4.38. The van der Waals surface area contributed by atoms with E-state index in [9.17, 15) is 19.0 Å². The molecular formula is C65H131NO8P+. The first-order chi connectivity index (χ1) is 36.5. The van der Waals surface area contributed by atoms with Crippen LogP contribution in [0, 0.1) is 0 Å². The van der Waals surface area contributed by atoms with Crippen LogP contribution in [0.5, 0.6) is 0 Å². The lowest BCUT2D eigenvalue weighted by atomic mass is 10.0. The van der Waals surface area contributed by atoms with E-state index >= 15 is 0 Å². The van der Waals surface area contributed by atoms with Crippen molar-refractivity contribution in [3.63, 3.8) is 0 Å². The Morgan fingerprint density at radius 1 is 0.360 bits per heavy atom. The van der Waals surface area contributed by atoms with Crippen LogP contribution in [0.4, 0.5) is 0 Å². The number of hydrogen-bond acceptors (Lipinski definition) is 7. The first-order valence-electron chi connectivity index (χ1n) is 33.3. The number of unbranched alkanes of at least 4 members (excludes halogenated alkanes) is 49. The molecule has 9 nitrogen and oxygen atoms in total. The van der Waals surface area contributed by atoms with Gasteiger partial charge in [-0.2, -0.15) is 0 Å². The van der Waals surface area contributed by atoms with Gasteiger partial charge in [-0.3, -0.25) is 18.6 Å². The van der Waals surface area contributed by atoms with Gasteiger partial charge >= 0.3 is 19.8 Å². The van der Waals surface area contributed by atoms with Crippen molar-refractivity contribution < 1.29 is 42.1 Å². The number of hydrogen-bond donors (Lipinski definition) is 1. The molecule has 0 aliphatic rings. The first kappa shape index (κ1) is 74.0. The quantitative estimate of drug-likeness (QED) is 0.0278. The second-order valence-electron chi connectivity index (χ2n) is 24.2. The van der Waals surface area contributed by atoms with Crippen molar-refractivity contribution in [2.75, 3.05) is 47.5 Å². The molecule has 0 aromatic rings. The van der Waals surface area contributed by atoms with Crippen LogP contribution in [0.15, 0.2) is 0 Å². The Labute approximate surface area is 467 Å². The maximum atomic E-state index is 12.9. The van der Waals surface area contributed by atoms with E-state index in [-0.39, 0.29) is 25.6 Å². The Hall–Kier alpha value is -0.990. The van der Waals surface area contributed by atoms with Crippen molar-refractivity contribution >= 4 is 19.8 Å². The fourth-order valence-corrected chi connectivity index (χ4v) is 11.0. The molecule has 0 radical (unpaired) electrons. The topological polar surface area (TPSA) is 108 Å². The van der Waals surface area contributed by atoms with Crippen LogP contribution >= 0.6 is 7.82 Å². The van der Waals surface area contributed by atoms with Crippen molar-refractivity contribution in [1.82, 2.24) is 0 Å². The molecule has 0 rings (SSSR count). The molecule has 0 spiro atoms. The van der Waals surface area contributed by atoms with E-state index in [1.165, 1.54) is 289 Å². The fourth-order valence-electron chi connectivity index (χ4n) is 10.3. The predicted octanol–water partition coefficient (Wildman–Crippen LogP) is 21.0. The molecular weight excluding hydrogens is 954 g/mol. The van der Waals surface area contributed by atoms with Gasteiger partial charge in [0.15, 0.2) is 6.10 Å². The number of phosphoric ester groups is 1. The second-order valence-corrected chi connectivity index (χ2v) is 25.7. The summed E-state index contributed by atoms with van der Waals surface area (Å²) in [6.07, 6.45) is 67.7. The minimum Gasteiger partial charge on any atom is -0.462 e. The van der Waals surface area contributed by atoms with Crippen LogP contribution in [0.25, 0.3) is 0 Å². The smallest absolute Gasteiger partial charge is 0.462 e. The highest BCUT2D eigenvalue weighted by Crippen LogP contribution is 2.43. The monoisotopic (exact) mass is 1080 g/mol. The van der Waals surface area contributed by atoms with Gasteiger partial charge in [0.25, 0.3) is 0 Å². The molecule has 1 N–H and O–H groups in total. The maximum Gasteiger partial charge on any atom is 0.472 e. The van der Waals surface area contributed by atoms with E-state index < -0.39 is 26.5 Å². The molecule has 0 aliphatic heterocycles. The summed E-state index contributed by atoms with van der Waals surface area (Å²) in [5.41, 5.74) is 0. The highest BCUT2D eigenvalue weighted by atomic mass is 31.2. The Balaban J connectivity index is 4.00. The van der Waals surface area contributed by atoms with Crippen molar-refractivity contribution in [3.8, 4) is 0 Å². The lowest BCUT2D eigenvalue weighted by Crippen LogP contribution is -2.37. The number of nitrogens with zero attached hydrogens (tertiary/aromatic N) is 1. The minimum absolute atomic E-state index is 0.0376. The fraction of sp³-hybridized carbons (Fsp3) is 0.969. The lowest BCUT2D eigenvalue weighted by Gasteiger charge is -2.24. The zero-order valence-electron chi connectivity index (χ0n) is 51.1. The van der Waals surface area contributed by atoms with Gasteiger partial charge in [0, 0.05) is 12.8 Å². The Morgan fingerprint density at radius 3 is 0.853 bits per heavy atom. The van der Waals surface area contributed by atoms with Crippen LogP contribution in [0.3, 0.4) is 0 Å². The van der Waals surface area contributed by atoms with Crippen LogP contribution in [0.2, 0.25) is 0 Å². The zero-order chi connectivity index (χ0) is 54.9. The molecule has 10 heteroatoms. The number of rotatable bonds is 63. The van der Waals surface area contributed by atoms with E-state index in [0.29, 0.717) is 17.4 Å². The summed E-state index contributed by atoms with van der Waals surface area (Å²) in [5.74, 6) is -0.769. The van der Waals surface area contributed by atoms with Crippen LogP contribution in [-0.2, 0) is 32.7 Å². The standard InChI is InChI=1S/C65H130NO8P/c1-6-8-10-12-14-16-18-20-22-24-26-28-30-31-32-33-34-35-36-38-40-42-44-46-48-50-52-54-56-58-65(68)74-63(62-73-75(69,70)72-60-59-66(3,4)5)61-71-64(67)57-55-53-51-49-47-45-43-41-39-37-29-27-25-23-21-19-17-15-13-11-9-7-2/h63H,6-62H2,1-5H3/p+1. The SMILES string of the molecule is CCCCCCCCCCCCCCCCCCCCCCCCCCCCCCCC(=O)OC(COC(=O)CCCCCCCCCCCCCCCCCCCCCCCC)COP(=O)(O)OCC[N+](C)(C)C. The number of ether oxygens (including phenoxy) is 2. The maximum absolute atomic E-state index is 12.9. The van der Waals surface area contributed by atoms with E-state index in [1.54, 1.807) is 0 Å². The molecule has 0 aromatic heterocycles. The van der Waals surface area contributed by atoms with Gasteiger partial charge in [-0.15, -0.1) is 0 Å². The predicted molar refractivity (Wildman–Crippen MR) is 322 cm³/mol. The molecule has 0 heterocycles. The molecule has 2 atom stereocenters. The molecule has 0 saturated heterocycles. The molecule has 448 valence electrons. The molecule has 0 fully saturated rings. The molecule has 75 heavy (non-hydrogen) atoms. The largest absolute Gasteiger partial charge is 0.472 e. The number of carbonyl (C=O) groups is 2. The Morgan fingerprint density at radius 2 is 0.600 bits per heavy atom. The van der Waals surface area contributed by atoms with Crippen LogP contribution in [-0.4, -0.2) is 74.9 Å². The molecule has 0 bridgehead atoms. The van der Waals surface area contributed by atoms with Gasteiger partial charge < -0.3 is 18.9 Å². The third-order valence-corrected chi connectivity index (χ3v) is 16.4. The second kappa shape index (κ2) is 57.7. The van der Waals surface area contributed by atoms with E-state index in [1.807, 2.05) is 21.1 Å². The number of phosphoric acid groups is 1. The Kier molecular flexibility index (Phi) is 56.9. The number of likely N-dealkylation sites (N-methyl/N-ethyl adjacent to an activating group) is 1. The van der Waals surface area contributed by atoms with E-state index in [4.69, 9.17) is 18.5 Å². The number of esters is 2. The van der Waals surface area contributed by atoms with Crippen molar-refractivity contribution in [2.24, 2.45) is 0 Å². The summed E-state index contributed by atoms with van der Waals surface area (Å²) < 4.78 is 34.7. The van der Waals surface area contributed by atoms with E-state index in [2.05, 4.69) is 13.8 Å². The molecule has 2 unspecified atom stereocenters. The van der Waals surface area contributed by atoms with Crippen LogP contribution < -0.4 is 0 Å². The summed E-state index contributed by atoms with van der Waals surface area (Å²) in [4.78, 5) is 35.8. The third-order valence-electron chi connectivity index (χ3n) is 15.4. The molecule has 0 aliphatic carbocycles. The molecule has 0 amide bonds. The summed E-state index contributed by atoms with van der Waals surface area (Å²) >= 11 is 0. The van der Waals surface area contributed by atoms with Gasteiger partial charge in [-0.05, 0) is 12.8 Å². The zero-order valence-corrected chi connectivity index (χ0v) is 52.0. The molecule has 0 aromatic carbocycles. The van der Waals surface area contributed by atoms with Crippen molar-refractivity contribution in [3.05, 3.63) is 0 Å². The number of carbonyl (C=O) groups excluding carboxylic acids is 2. The highest BCUT2D eigenvalue weighted by Gasteiger charge is 2.27. The summed E-state index contributed by atoms with van der Waals surface area (Å²) in [6.45, 7) is 4.53. The highest BCUT2D eigenvalue weighted by molar-refractivity contribution is 7.47. The summed E-state index contributed by atoms with van der Waals surface area (Å²) in [5, 5.41) is 0. The first-order valence-corrected chi connectivity index (χ1v) is 34.8. The van der Waals surface area contributed by atoms with Crippen LogP contribution in [0.1, 0.15) is 354 Å². The average Bonchev–Trinajstić information content (AvgIpc) is 3.37. The normalized spacial score (nSPS) is 13.1.